The lowest BCUT2D eigenvalue weighted by Crippen LogP contribution is -2.54. The highest BCUT2D eigenvalue weighted by Gasteiger charge is 2.38. The van der Waals surface area contributed by atoms with Gasteiger partial charge in [-0.05, 0) is 37.1 Å². The second kappa shape index (κ2) is 5.70. The number of aryl methyl sites for hydroxylation is 2. The monoisotopic (exact) mass is 316 g/mol. The molecule has 21 heavy (non-hydrogen) atoms. The molecule has 1 heterocycles. The summed E-state index contributed by atoms with van der Waals surface area (Å²) >= 11 is 0. The van der Waals surface area contributed by atoms with E-state index in [1.807, 2.05) is 0 Å². The van der Waals surface area contributed by atoms with Gasteiger partial charge in [-0.15, -0.1) is 0 Å². The van der Waals surface area contributed by atoms with E-state index in [0.717, 1.165) is 16.4 Å². The maximum absolute atomic E-state index is 13.3. The first-order valence-corrected chi connectivity index (χ1v) is 7.85. The largest absolute Gasteiger partial charge is 0.378 e. The molecule has 2 rings (SSSR count). The van der Waals surface area contributed by atoms with E-state index in [-0.39, 0.29) is 24.7 Å². The van der Waals surface area contributed by atoms with Crippen molar-refractivity contribution < 1.29 is 22.3 Å². The summed E-state index contributed by atoms with van der Waals surface area (Å²) in [5, 5.41) is 0. The average molecular weight is 316 g/mol. The molecule has 2 N–H and O–H groups in total. The quantitative estimate of drug-likeness (QED) is 0.869. The Bertz CT molecular complexity index is 652. The smallest absolute Gasteiger partial charge is 0.244 e. The molecule has 1 unspecified atom stereocenters. The molecular formula is C13H17FN2O4S. The predicted molar refractivity (Wildman–Crippen MR) is 73.6 cm³/mol. The minimum atomic E-state index is -3.95. The van der Waals surface area contributed by atoms with Crippen LogP contribution in [0.1, 0.15) is 11.1 Å². The fourth-order valence-electron chi connectivity index (χ4n) is 2.52. The van der Waals surface area contributed by atoms with Crippen LogP contribution in [0.3, 0.4) is 0 Å². The molecule has 1 aromatic carbocycles. The zero-order valence-corrected chi connectivity index (χ0v) is 12.6. The second-order valence-corrected chi connectivity index (χ2v) is 6.80. The molecule has 1 atom stereocenters. The van der Waals surface area contributed by atoms with Gasteiger partial charge in [-0.2, -0.15) is 4.31 Å². The minimum Gasteiger partial charge on any atom is -0.378 e. The van der Waals surface area contributed by atoms with E-state index in [9.17, 15) is 17.6 Å². The summed E-state index contributed by atoms with van der Waals surface area (Å²) in [6.45, 7) is 3.17. The Labute approximate surface area is 122 Å². The Morgan fingerprint density at radius 3 is 2.48 bits per heavy atom. The zero-order valence-electron chi connectivity index (χ0n) is 11.8. The molecule has 0 spiro atoms. The van der Waals surface area contributed by atoms with E-state index < -0.39 is 27.8 Å². The molecule has 116 valence electrons. The van der Waals surface area contributed by atoms with Gasteiger partial charge in [-0.25, -0.2) is 12.8 Å². The van der Waals surface area contributed by atoms with Crippen LogP contribution in [0.15, 0.2) is 17.0 Å². The first-order chi connectivity index (χ1) is 9.75. The number of rotatable bonds is 3. The van der Waals surface area contributed by atoms with E-state index >= 15 is 0 Å². The van der Waals surface area contributed by atoms with Gasteiger partial charge in [0.25, 0.3) is 0 Å². The molecule has 1 amide bonds. The fraction of sp³-hybridized carbons (Fsp3) is 0.462. The van der Waals surface area contributed by atoms with Crippen molar-refractivity contribution in [2.45, 2.75) is 24.8 Å². The maximum Gasteiger partial charge on any atom is 0.244 e. The summed E-state index contributed by atoms with van der Waals surface area (Å²) < 4.78 is 45.1. The molecule has 0 aliphatic carbocycles. The molecule has 0 aromatic heterocycles. The van der Waals surface area contributed by atoms with Crippen molar-refractivity contribution in [2.75, 3.05) is 19.8 Å². The van der Waals surface area contributed by atoms with Gasteiger partial charge < -0.3 is 10.5 Å². The Hall–Kier alpha value is -1.51. The number of amides is 1. The van der Waals surface area contributed by atoms with Crippen LogP contribution in [-0.2, 0) is 19.6 Å². The minimum absolute atomic E-state index is 0.0112. The SMILES string of the molecule is Cc1cc(F)cc(C)c1S(=O)(=O)N1CCOCC1C(N)=O. The molecule has 1 aliphatic rings. The Morgan fingerprint density at radius 1 is 1.38 bits per heavy atom. The number of hydrogen-bond acceptors (Lipinski definition) is 4. The van der Waals surface area contributed by atoms with Crippen LogP contribution < -0.4 is 5.73 Å². The van der Waals surface area contributed by atoms with Crippen molar-refractivity contribution in [3.8, 4) is 0 Å². The zero-order chi connectivity index (χ0) is 15.8. The summed E-state index contributed by atoms with van der Waals surface area (Å²) in [5.41, 5.74) is 5.83. The van der Waals surface area contributed by atoms with E-state index in [1.54, 1.807) is 0 Å². The highest BCUT2D eigenvalue weighted by Crippen LogP contribution is 2.27. The molecule has 1 aromatic rings. The highest BCUT2D eigenvalue weighted by molar-refractivity contribution is 7.89. The van der Waals surface area contributed by atoms with Crippen LogP contribution in [0.4, 0.5) is 4.39 Å². The number of carbonyl (C=O) groups excluding carboxylic acids is 1. The first kappa shape index (κ1) is 15.9. The third-order valence-electron chi connectivity index (χ3n) is 3.40. The van der Waals surface area contributed by atoms with Crippen LogP contribution in [0.2, 0.25) is 0 Å². The average Bonchev–Trinajstić information content (AvgIpc) is 2.37. The standard InChI is InChI=1S/C13H17FN2O4S/c1-8-5-10(14)6-9(2)12(8)21(18,19)16-3-4-20-7-11(16)13(15)17/h5-6,11H,3-4,7H2,1-2H3,(H2,15,17). The van der Waals surface area contributed by atoms with Crippen LogP contribution in [0, 0.1) is 19.7 Å². The van der Waals surface area contributed by atoms with E-state index in [0.29, 0.717) is 11.1 Å². The number of nitrogens with zero attached hydrogens (tertiary/aromatic N) is 1. The van der Waals surface area contributed by atoms with Gasteiger partial charge in [0.15, 0.2) is 0 Å². The number of ether oxygens (including phenoxy) is 1. The number of primary amides is 1. The van der Waals surface area contributed by atoms with Gasteiger partial charge in [0.1, 0.15) is 11.9 Å². The molecule has 0 radical (unpaired) electrons. The van der Waals surface area contributed by atoms with E-state index in [4.69, 9.17) is 10.5 Å². The van der Waals surface area contributed by atoms with Crippen molar-refractivity contribution >= 4 is 15.9 Å². The molecule has 1 fully saturated rings. The van der Waals surface area contributed by atoms with Crippen molar-refractivity contribution in [2.24, 2.45) is 5.73 Å². The summed E-state index contributed by atoms with van der Waals surface area (Å²) in [6.07, 6.45) is 0. The Balaban J connectivity index is 2.53. The third kappa shape index (κ3) is 2.92. The van der Waals surface area contributed by atoms with E-state index in [1.165, 1.54) is 13.8 Å². The maximum atomic E-state index is 13.3. The summed E-state index contributed by atoms with van der Waals surface area (Å²) in [4.78, 5) is 11.5. The summed E-state index contributed by atoms with van der Waals surface area (Å²) in [5.74, 6) is -1.27. The molecule has 6 nitrogen and oxygen atoms in total. The van der Waals surface area contributed by atoms with Gasteiger partial charge in [-0.3, -0.25) is 4.79 Å². The van der Waals surface area contributed by atoms with Gasteiger partial charge in [0, 0.05) is 6.54 Å². The van der Waals surface area contributed by atoms with Crippen molar-refractivity contribution in [1.82, 2.24) is 4.31 Å². The fourth-order valence-corrected chi connectivity index (χ4v) is 4.50. The third-order valence-corrected chi connectivity index (χ3v) is 5.61. The van der Waals surface area contributed by atoms with Gasteiger partial charge >= 0.3 is 0 Å². The van der Waals surface area contributed by atoms with E-state index in [2.05, 4.69) is 0 Å². The van der Waals surface area contributed by atoms with Crippen LogP contribution >= 0.6 is 0 Å². The molecule has 0 saturated carbocycles. The van der Waals surface area contributed by atoms with Gasteiger partial charge in [0.2, 0.25) is 15.9 Å². The molecule has 8 heteroatoms. The Morgan fingerprint density at radius 2 is 1.95 bits per heavy atom. The number of benzene rings is 1. The first-order valence-electron chi connectivity index (χ1n) is 6.41. The normalized spacial score (nSPS) is 20.4. The predicted octanol–water partition coefficient (Wildman–Crippen LogP) is 0.317. The number of carbonyl (C=O) groups is 1. The molecule has 1 saturated heterocycles. The summed E-state index contributed by atoms with van der Waals surface area (Å²) in [7, 11) is -3.95. The molecular weight excluding hydrogens is 299 g/mol. The summed E-state index contributed by atoms with van der Waals surface area (Å²) in [6, 6.07) is 1.26. The molecule has 1 aliphatic heterocycles. The van der Waals surface area contributed by atoms with Gasteiger partial charge in [-0.1, -0.05) is 0 Å². The number of hydrogen-bond donors (Lipinski definition) is 1. The topological polar surface area (TPSA) is 89.7 Å². The lowest BCUT2D eigenvalue weighted by atomic mass is 10.1. The van der Waals surface area contributed by atoms with Crippen molar-refractivity contribution in [3.05, 3.63) is 29.1 Å². The lowest BCUT2D eigenvalue weighted by Gasteiger charge is -2.33. The number of nitrogens with two attached hydrogens (primary N) is 1. The number of halogens is 1. The van der Waals surface area contributed by atoms with Crippen LogP contribution in [0.5, 0.6) is 0 Å². The van der Waals surface area contributed by atoms with Crippen LogP contribution in [-0.4, -0.2) is 44.4 Å². The van der Waals surface area contributed by atoms with Crippen molar-refractivity contribution in [3.63, 3.8) is 0 Å². The Kier molecular flexibility index (Phi) is 4.31. The highest BCUT2D eigenvalue weighted by atomic mass is 32.2. The number of sulfonamides is 1. The van der Waals surface area contributed by atoms with Crippen molar-refractivity contribution in [1.29, 1.82) is 0 Å². The lowest BCUT2D eigenvalue weighted by molar-refractivity contribution is -0.125. The van der Waals surface area contributed by atoms with Gasteiger partial charge in [0.05, 0.1) is 18.1 Å². The van der Waals surface area contributed by atoms with Crippen LogP contribution in [0.25, 0.3) is 0 Å². The molecule has 0 bridgehead atoms. The second-order valence-electron chi connectivity index (χ2n) is 4.98. The number of morpholine rings is 1.